The van der Waals surface area contributed by atoms with Gasteiger partial charge in [0.15, 0.2) is 11.5 Å². The predicted molar refractivity (Wildman–Crippen MR) is 116 cm³/mol. The first-order valence-electron chi connectivity index (χ1n) is 10.1. The van der Waals surface area contributed by atoms with Crippen LogP contribution in [0.5, 0.6) is 11.5 Å². The second-order valence-corrected chi connectivity index (χ2v) is 8.82. The molecule has 0 amide bonds. The van der Waals surface area contributed by atoms with Crippen molar-refractivity contribution in [3.63, 3.8) is 0 Å². The molecule has 2 aromatic rings. The molecule has 3 rings (SSSR count). The fourth-order valence-electron chi connectivity index (χ4n) is 3.48. The number of ether oxygens (including phenoxy) is 2. The second-order valence-electron chi connectivity index (χ2n) is 6.88. The topological polar surface area (TPSA) is 82.9 Å². The minimum atomic E-state index is -3.65. The summed E-state index contributed by atoms with van der Waals surface area (Å²) < 4.78 is 39.2. The molecule has 1 heterocycles. The second kappa shape index (κ2) is 9.83. The van der Waals surface area contributed by atoms with Crippen LogP contribution in [0.15, 0.2) is 47.4 Å². The van der Waals surface area contributed by atoms with Crippen LogP contribution < -0.4 is 14.4 Å². The highest BCUT2D eigenvalue weighted by atomic mass is 32.2. The molecule has 0 unspecified atom stereocenters. The van der Waals surface area contributed by atoms with Gasteiger partial charge < -0.3 is 14.4 Å². The number of benzene rings is 2. The largest absolute Gasteiger partial charge is 0.490 e. The molecule has 8 heteroatoms. The summed E-state index contributed by atoms with van der Waals surface area (Å²) in [6, 6.07) is 14.3. The Bertz CT molecular complexity index is 1000. The lowest BCUT2D eigenvalue weighted by Crippen LogP contribution is -2.35. The van der Waals surface area contributed by atoms with E-state index in [9.17, 15) is 8.42 Å². The first-order chi connectivity index (χ1) is 14.5. The Hall–Kier alpha value is -2.76. The molecule has 7 nitrogen and oxygen atoms in total. The van der Waals surface area contributed by atoms with E-state index < -0.39 is 10.0 Å². The summed E-state index contributed by atoms with van der Waals surface area (Å²) in [5, 5.41) is 8.96. The van der Waals surface area contributed by atoms with Gasteiger partial charge in [0.25, 0.3) is 0 Å². The Morgan fingerprint density at radius 3 is 2.30 bits per heavy atom. The monoisotopic (exact) mass is 429 g/mol. The summed E-state index contributed by atoms with van der Waals surface area (Å²) >= 11 is 0. The Morgan fingerprint density at radius 1 is 0.933 bits per heavy atom. The van der Waals surface area contributed by atoms with Crippen molar-refractivity contribution in [3.05, 3.63) is 48.0 Å². The first-order valence-corrected chi connectivity index (χ1v) is 11.6. The smallest absolute Gasteiger partial charge is 0.243 e. The molecule has 0 spiro atoms. The lowest BCUT2D eigenvalue weighted by molar-refractivity contribution is 0.287. The number of rotatable bonds is 7. The summed E-state index contributed by atoms with van der Waals surface area (Å²) in [7, 11) is -3.65. The highest BCUT2D eigenvalue weighted by molar-refractivity contribution is 7.89. The van der Waals surface area contributed by atoms with Gasteiger partial charge in [-0.2, -0.15) is 9.57 Å². The molecule has 1 aliphatic rings. The highest BCUT2D eigenvalue weighted by Crippen LogP contribution is 2.32. The molecular weight excluding hydrogens is 402 g/mol. The lowest BCUT2D eigenvalue weighted by atomic mass is 10.2. The predicted octanol–water partition coefficient (Wildman–Crippen LogP) is 3.26. The van der Waals surface area contributed by atoms with Gasteiger partial charge in [-0.25, -0.2) is 8.42 Å². The van der Waals surface area contributed by atoms with Crippen LogP contribution in [0.3, 0.4) is 0 Å². The van der Waals surface area contributed by atoms with E-state index in [2.05, 4.69) is 11.0 Å². The van der Waals surface area contributed by atoms with Gasteiger partial charge in [0.2, 0.25) is 10.0 Å². The molecule has 0 radical (unpaired) electrons. The van der Waals surface area contributed by atoms with Gasteiger partial charge in [0.05, 0.1) is 29.7 Å². The third-order valence-electron chi connectivity index (χ3n) is 4.97. The van der Waals surface area contributed by atoms with Crippen molar-refractivity contribution in [1.29, 1.82) is 5.26 Å². The Labute approximate surface area is 178 Å². The summed E-state index contributed by atoms with van der Waals surface area (Å²) in [5.41, 5.74) is 1.60. The maximum atomic E-state index is 13.3. The van der Waals surface area contributed by atoms with E-state index >= 15 is 0 Å². The molecule has 0 saturated carbocycles. The molecule has 0 aliphatic carbocycles. The molecule has 30 heavy (non-hydrogen) atoms. The number of sulfonamides is 1. The zero-order valence-corrected chi connectivity index (χ0v) is 18.2. The van der Waals surface area contributed by atoms with Crippen LogP contribution in [0, 0.1) is 11.3 Å². The van der Waals surface area contributed by atoms with Crippen LogP contribution in [0.2, 0.25) is 0 Å². The van der Waals surface area contributed by atoms with Gasteiger partial charge in [-0.05, 0) is 56.7 Å². The van der Waals surface area contributed by atoms with Crippen molar-refractivity contribution in [2.45, 2.75) is 25.2 Å². The fourth-order valence-corrected chi connectivity index (χ4v) is 4.97. The van der Waals surface area contributed by atoms with Crippen molar-refractivity contribution in [2.24, 2.45) is 0 Å². The van der Waals surface area contributed by atoms with Crippen LogP contribution in [0.25, 0.3) is 0 Å². The average Bonchev–Trinajstić information content (AvgIpc) is 3.02. The average molecular weight is 430 g/mol. The molecule has 0 aromatic heterocycles. The molecule has 0 atom stereocenters. The highest BCUT2D eigenvalue weighted by Gasteiger charge is 2.28. The van der Waals surface area contributed by atoms with E-state index in [4.69, 9.17) is 14.7 Å². The van der Waals surface area contributed by atoms with E-state index in [1.807, 2.05) is 26.0 Å². The summed E-state index contributed by atoms with van der Waals surface area (Å²) in [5.74, 6) is 0.982. The number of nitrogens with zero attached hydrogens (tertiary/aromatic N) is 3. The SMILES string of the molecule is CCOc1ccc(S(=O)(=O)N2CCCN(c3ccc(C#N)cc3)CC2)cc1OCC. The molecule has 0 N–H and O–H groups in total. The fraction of sp³-hybridized carbons (Fsp3) is 0.409. The maximum Gasteiger partial charge on any atom is 0.243 e. The van der Waals surface area contributed by atoms with Gasteiger partial charge in [0, 0.05) is 37.9 Å². The van der Waals surface area contributed by atoms with Gasteiger partial charge in [0.1, 0.15) is 0 Å². The number of hydrogen-bond donors (Lipinski definition) is 0. The van der Waals surface area contributed by atoms with Crippen LogP contribution in [-0.2, 0) is 10.0 Å². The standard InChI is InChI=1S/C22H27N3O4S/c1-3-28-21-11-10-20(16-22(21)29-4-2)30(26,27)25-13-5-12-24(14-15-25)19-8-6-18(17-23)7-9-19/h6-11,16H,3-5,12-15H2,1-2H3. The van der Waals surface area contributed by atoms with E-state index in [1.165, 1.54) is 4.31 Å². The van der Waals surface area contributed by atoms with Gasteiger partial charge in [-0.3, -0.25) is 0 Å². The van der Waals surface area contributed by atoms with E-state index in [0.717, 1.165) is 12.2 Å². The van der Waals surface area contributed by atoms with Crippen molar-refractivity contribution in [1.82, 2.24) is 4.31 Å². The summed E-state index contributed by atoms with van der Waals surface area (Å²) in [4.78, 5) is 2.36. The number of nitriles is 1. The van der Waals surface area contributed by atoms with Crippen molar-refractivity contribution < 1.29 is 17.9 Å². The Kier molecular flexibility index (Phi) is 7.19. The number of hydrogen-bond acceptors (Lipinski definition) is 6. The van der Waals surface area contributed by atoms with Crippen LogP contribution in [0.4, 0.5) is 5.69 Å². The third kappa shape index (κ3) is 4.86. The van der Waals surface area contributed by atoms with Crippen LogP contribution in [-0.4, -0.2) is 52.1 Å². The minimum absolute atomic E-state index is 0.209. The van der Waals surface area contributed by atoms with Crippen molar-refractivity contribution in [2.75, 3.05) is 44.3 Å². The van der Waals surface area contributed by atoms with E-state index in [0.29, 0.717) is 56.3 Å². The Morgan fingerprint density at radius 2 is 1.63 bits per heavy atom. The minimum Gasteiger partial charge on any atom is -0.490 e. The summed E-state index contributed by atoms with van der Waals surface area (Å²) in [6.07, 6.45) is 0.717. The summed E-state index contributed by atoms with van der Waals surface area (Å²) in [6.45, 7) is 6.80. The molecule has 160 valence electrons. The zero-order valence-electron chi connectivity index (χ0n) is 17.4. The quantitative estimate of drug-likeness (QED) is 0.672. The third-order valence-corrected chi connectivity index (χ3v) is 6.86. The molecule has 0 bridgehead atoms. The van der Waals surface area contributed by atoms with E-state index in [1.54, 1.807) is 30.3 Å². The van der Waals surface area contributed by atoms with E-state index in [-0.39, 0.29) is 4.90 Å². The number of anilines is 1. The first kappa shape index (κ1) is 21.9. The van der Waals surface area contributed by atoms with Crippen LogP contribution in [0.1, 0.15) is 25.8 Å². The normalized spacial score (nSPS) is 15.3. The van der Waals surface area contributed by atoms with Gasteiger partial charge in [-0.15, -0.1) is 0 Å². The zero-order chi connectivity index (χ0) is 21.6. The molecule has 1 saturated heterocycles. The lowest BCUT2D eigenvalue weighted by Gasteiger charge is -2.24. The molecular formula is C22H27N3O4S. The molecule has 1 fully saturated rings. The van der Waals surface area contributed by atoms with Crippen molar-refractivity contribution >= 4 is 15.7 Å². The Balaban J connectivity index is 1.78. The van der Waals surface area contributed by atoms with Crippen LogP contribution >= 0.6 is 0 Å². The van der Waals surface area contributed by atoms with Crippen molar-refractivity contribution in [3.8, 4) is 17.6 Å². The molecule has 1 aliphatic heterocycles. The maximum absolute atomic E-state index is 13.3. The van der Waals surface area contributed by atoms with Gasteiger partial charge in [-0.1, -0.05) is 0 Å². The van der Waals surface area contributed by atoms with Gasteiger partial charge >= 0.3 is 0 Å². The molecule has 2 aromatic carbocycles.